The summed E-state index contributed by atoms with van der Waals surface area (Å²) in [5.41, 5.74) is 0.979. The Morgan fingerprint density at radius 1 is 1.44 bits per heavy atom. The van der Waals surface area contributed by atoms with Gasteiger partial charge in [0, 0.05) is 12.6 Å². The zero-order valence-corrected chi connectivity index (χ0v) is 10.0. The molecule has 2 rings (SSSR count). The van der Waals surface area contributed by atoms with Crippen LogP contribution in [-0.4, -0.2) is 34.2 Å². The zero-order valence-electron chi connectivity index (χ0n) is 9.27. The molecule has 0 amide bonds. The maximum absolute atomic E-state index is 9.31. The third-order valence-corrected chi connectivity index (χ3v) is 3.31. The minimum Gasteiger partial charge on any atom is -0.395 e. The standard InChI is InChI=1S/C12H17ClN2O/c13-12-6-3-4-10(14-12)8-15-7-2-1-5-11(15)9-16/h3-4,6,11,16H,1-2,5,7-9H2. The Labute approximate surface area is 101 Å². The van der Waals surface area contributed by atoms with Gasteiger partial charge in [-0.1, -0.05) is 24.1 Å². The van der Waals surface area contributed by atoms with Crippen LogP contribution in [0.3, 0.4) is 0 Å². The van der Waals surface area contributed by atoms with Gasteiger partial charge in [0.25, 0.3) is 0 Å². The van der Waals surface area contributed by atoms with Gasteiger partial charge in [-0.25, -0.2) is 4.98 Å². The Balaban J connectivity index is 2.02. The molecule has 1 aromatic heterocycles. The summed E-state index contributed by atoms with van der Waals surface area (Å²) in [6.07, 6.45) is 3.50. The predicted molar refractivity (Wildman–Crippen MR) is 64.4 cm³/mol. The third-order valence-electron chi connectivity index (χ3n) is 3.10. The van der Waals surface area contributed by atoms with Gasteiger partial charge in [-0.3, -0.25) is 4.90 Å². The molecule has 1 unspecified atom stereocenters. The minimum absolute atomic E-state index is 0.237. The molecule has 1 aliphatic heterocycles. The first-order valence-electron chi connectivity index (χ1n) is 5.76. The number of piperidine rings is 1. The van der Waals surface area contributed by atoms with Crippen LogP contribution >= 0.6 is 11.6 Å². The van der Waals surface area contributed by atoms with E-state index in [0.717, 1.165) is 25.2 Å². The number of nitrogens with zero attached hydrogens (tertiary/aromatic N) is 2. The summed E-state index contributed by atoms with van der Waals surface area (Å²) in [4.78, 5) is 6.57. The van der Waals surface area contributed by atoms with Gasteiger partial charge in [0.1, 0.15) is 5.15 Å². The van der Waals surface area contributed by atoms with E-state index in [0.29, 0.717) is 5.15 Å². The Morgan fingerprint density at radius 2 is 2.31 bits per heavy atom. The van der Waals surface area contributed by atoms with E-state index < -0.39 is 0 Å². The molecule has 88 valence electrons. The Morgan fingerprint density at radius 3 is 3.06 bits per heavy atom. The number of aliphatic hydroxyl groups is 1. The van der Waals surface area contributed by atoms with Crippen molar-refractivity contribution in [3.05, 3.63) is 29.0 Å². The quantitative estimate of drug-likeness (QED) is 0.822. The third kappa shape index (κ3) is 2.94. The molecular formula is C12H17ClN2O. The van der Waals surface area contributed by atoms with E-state index >= 15 is 0 Å². The summed E-state index contributed by atoms with van der Waals surface area (Å²) in [6, 6.07) is 5.97. The average Bonchev–Trinajstić information content (AvgIpc) is 2.30. The fourth-order valence-corrected chi connectivity index (χ4v) is 2.40. The second-order valence-electron chi connectivity index (χ2n) is 4.25. The van der Waals surface area contributed by atoms with E-state index in [2.05, 4.69) is 9.88 Å². The number of aliphatic hydroxyl groups excluding tert-OH is 1. The van der Waals surface area contributed by atoms with E-state index in [1.807, 2.05) is 12.1 Å². The molecule has 0 bridgehead atoms. The lowest BCUT2D eigenvalue weighted by Gasteiger charge is -2.34. The van der Waals surface area contributed by atoms with Crippen molar-refractivity contribution < 1.29 is 5.11 Å². The Hall–Kier alpha value is -0.640. The number of rotatable bonds is 3. The van der Waals surface area contributed by atoms with E-state index in [-0.39, 0.29) is 12.6 Å². The van der Waals surface area contributed by atoms with Crippen molar-refractivity contribution in [1.82, 2.24) is 9.88 Å². The molecule has 1 saturated heterocycles. The fourth-order valence-electron chi connectivity index (χ4n) is 2.22. The second-order valence-corrected chi connectivity index (χ2v) is 4.64. The van der Waals surface area contributed by atoms with Crippen molar-refractivity contribution in [2.45, 2.75) is 31.8 Å². The lowest BCUT2D eigenvalue weighted by molar-refractivity contribution is 0.0831. The summed E-state index contributed by atoms with van der Waals surface area (Å²) in [7, 11) is 0. The highest BCUT2D eigenvalue weighted by atomic mass is 35.5. The van der Waals surface area contributed by atoms with Crippen LogP contribution in [-0.2, 0) is 6.54 Å². The van der Waals surface area contributed by atoms with Crippen LogP contribution in [0.4, 0.5) is 0 Å². The molecule has 2 heterocycles. The fraction of sp³-hybridized carbons (Fsp3) is 0.583. The molecule has 0 radical (unpaired) electrons. The van der Waals surface area contributed by atoms with Crippen molar-refractivity contribution in [2.24, 2.45) is 0 Å². The van der Waals surface area contributed by atoms with Crippen molar-refractivity contribution in [1.29, 1.82) is 0 Å². The summed E-state index contributed by atoms with van der Waals surface area (Å²) < 4.78 is 0. The first kappa shape index (κ1) is 11.8. The molecule has 0 aliphatic carbocycles. The normalized spacial score (nSPS) is 22.2. The van der Waals surface area contributed by atoms with Gasteiger partial charge < -0.3 is 5.11 Å². The van der Waals surface area contributed by atoms with Crippen molar-refractivity contribution in [2.75, 3.05) is 13.2 Å². The topological polar surface area (TPSA) is 36.4 Å². The molecule has 1 atom stereocenters. The molecule has 0 aromatic carbocycles. The molecular weight excluding hydrogens is 224 g/mol. The highest BCUT2D eigenvalue weighted by Crippen LogP contribution is 2.19. The van der Waals surface area contributed by atoms with Crippen LogP contribution in [0.15, 0.2) is 18.2 Å². The molecule has 1 aliphatic rings. The van der Waals surface area contributed by atoms with Crippen molar-refractivity contribution in [3.63, 3.8) is 0 Å². The molecule has 3 nitrogen and oxygen atoms in total. The highest BCUT2D eigenvalue weighted by molar-refractivity contribution is 6.29. The number of pyridine rings is 1. The summed E-state index contributed by atoms with van der Waals surface area (Å²) in [5.74, 6) is 0. The lowest BCUT2D eigenvalue weighted by atomic mass is 10.0. The van der Waals surface area contributed by atoms with Gasteiger partial charge in [0.15, 0.2) is 0 Å². The van der Waals surface area contributed by atoms with Crippen molar-refractivity contribution >= 4 is 11.6 Å². The Kier molecular flexibility index (Phi) is 4.16. The van der Waals surface area contributed by atoms with Crippen LogP contribution in [0.25, 0.3) is 0 Å². The number of hydrogen-bond acceptors (Lipinski definition) is 3. The largest absolute Gasteiger partial charge is 0.395 e. The predicted octanol–water partition coefficient (Wildman–Crippen LogP) is 2.08. The lowest BCUT2D eigenvalue weighted by Crippen LogP contribution is -2.41. The maximum Gasteiger partial charge on any atom is 0.129 e. The Bertz CT molecular complexity index is 346. The van der Waals surface area contributed by atoms with Gasteiger partial charge in [0.05, 0.1) is 12.3 Å². The first-order chi connectivity index (χ1) is 7.79. The van der Waals surface area contributed by atoms with Crippen molar-refractivity contribution in [3.8, 4) is 0 Å². The maximum atomic E-state index is 9.31. The molecule has 1 N–H and O–H groups in total. The van der Waals surface area contributed by atoms with Crippen LogP contribution < -0.4 is 0 Å². The number of halogens is 1. The van der Waals surface area contributed by atoms with Gasteiger partial charge >= 0.3 is 0 Å². The van der Waals surface area contributed by atoms with Crippen LogP contribution in [0.1, 0.15) is 25.0 Å². The number of likely N-dealkylation sites (tertiary alicyclic amines) is 1. The number of hydrogen-bond donors (Lipinski definition) is 1. The van der Waals surface area contributed by atoms with E-state index in [1.54, 1.807) is 6.07 Å². The average molecular weight is 241 g/mol. The summed E-state index contributed by atoms with van der Waals surface area (Å²) in [5, 5.41) is 9.84. The van der Waals surface area contributed by atoms with Gasteiger partial charge in [-0.15, -0.1) is 0 Å². The second kappa shape index (κ2) is 5.62. The molecule has 1 fully saturated rings. The zero-order chi connectivity index (χ0) is 11.4. The van der Waals surface area contributed by atoms with Crippen LogP contribution in [0, 0.1) is 0 Å². The highest BCUT2D eigenvalue weighted by Gasteiger charge is 2.21. The monoisotopic (exact) mass is 240 g/mol. The number of aromatic nitrogens is 1. The van der Waals surface area contributed by atoms with Gasteiger partial charge in [-0.05, 0) is 31.5 Å². The van der Waals surface area contributed by atoms with Gasteiger partial charge in [-0.2, -0.15) is 0 Å². The molecule has 1 aromatic rings. The minimum atomic E-state index is 0.237. The summed E-state index contributed by atoms with van der Waals surface area (Å²) >= 11 is 5.85. The van der Waals surface area contributed by atoms with E-state index in [9.17, 15) is 5.11 Å². The molecule has 4 heteroatoms. The first-order valence-corrected chi connectivity index (χ1v) is 6.14. The van der Waals surface area contributed by atoms with E-state index in [4.69, 9.17) is 11.6 Å². The molecule has 16 heavy (non-hydrogen) atoms. The SMILES string of the molecule is OCC1CCCCN1Cc1cccc(Cl)n1. The smallest absolute Gasteiger partial charge is 0.129 e. The summed E-state index contributed by atoms with van der Waals surface area (Å²) in [6.45, 7) is 2.06. The molecule has 0 spiro atoms. The van der Waals surface area contributed by atoms with E-state index in [1.165, 1.54) is 12.8 Å². The van der Waals surface area contributed by atoms with Crippen LogP contribution in [0.5, 0.6) is 0 Å². The van der Waals surface area contributed by atoms with Gasteiger partial charge in [0.2, 0.25) is 0 Å². The molecule has 0 saturated carbocycles. The van der Waals surface area contributed by atoms with Crippen LogP contribution in [0.2, 0.25) is 5.15 Å².